The molecule has 0 radical (unpaired) electrons. The summed E-state index contributed by atoms with van der Waals surface area (Å²) in [5.41, 5.74) is 1.68. The predicted octanol–water partition coefficient (Wildman–Crippen LogP) is 3.55. The monoisotopic (exact) mass is 531 g/mol. The number of phenolic OH excluding ortho intramolecular Hbond substituents is 1. The van der Waals surface area contributed by atoms with E-state index in [9.17, 15) is 19.5 Å². The van der Waals surface area contributed by atoms with Gasteiger partial charge in [0.1, 0.15) is 6.54 Å². The number of imide groups is 1. The molecule has 0 aromatic heterocycles. The van der Waals surface area contributed by atoms with Crippen molar-refractivity contribution in [3.8, 4) is 11.5 Å². The van der Waals surface area contributed by atoms with Crippen LogP contribution in [0.2, 0.25) is 0 Å². The standard InChI is InChI=1S/C23H22BrN3O5S/c1-32-19-11-15(17(24)13-18(19)28)12-20-22(30)27(23(31)33-20)14-21(29)26-9-7-25(8-10-26)16-5-3-2-4-6-16/h2-6,11-13,28H,7-10,14H2,1H3/b20-12+. The summed E-state index contributed by atoms with van der Waals surface area (Å²) in [7, 11) is 1.42. The van der Waals surface area contributed by atoms with E-state index in [-0.39, 0.29) is 28.9 Å². The van der Waals surface area contributed by atoms with E-state index in [4.69, 9.17) is 4.74 Å². The number of ether oxygens (including phenoxy) is 1. The lowest BCUT2D eigenvalue weighted by molar-refractivity contribution is -0.136. The molecule has 4 rings (SSSR count). The van der Waals surface area contributed by atoms with Gasteiger partial charge in [-0.3, -0.25) is 19.3 Å². The minimum atomic E-state index is -0.514. The number of thioether (sulfide) groups is 1. The highest BCUT2D eigenvalue weighted by molar-refractivity contribution is 9.10. The zero-order chi connectivity index (χ0) is 23.5. The second-order valence-electron chi connectivity index (χ2n) is 7.52. The van der Waals surface area contributed by atoms with Gasteiger partial charge in [0.15, 0.2) is 11.5 Å². The maximum atomic E-state index is 12.8. The molecule has 0 aliphatic carbocycles. The Kier molecular flexibility index (Phi) is 6.94. The Balaban J connectivity index is 1.40. The molecule has 0 unspecified atom stereocenters. The van der Waals surface area contributed by atoms with Crippen molar-refractivity contribution in [2.45, 2.75) is 0 Å². The zero-order valence-corrected chi connectivity index (χ0v) is 20.3. The number of para-hydroxylation sites is 1. The Bertz CT molecular complexity index is 1120. The van der Waals surface area contributed by atoms with E-state index in [0.29, 0.717) is 36.2 Å². The summed E-state index contributed by atoms with van der Waals surface area (Å²) >= 11 is 4.12. The molecule has 0 saturated carbocycles. The Labute approximate surface area is 203 Å². The summed E-state index contributed by atoms with van der Waals surface area (Å²) in [6.45, 7) is 2.15. The molecule has 2 saturated heterocycles. The maximum Gasteiger partial charge on any atom is 0.294 e. The Morgan fingerprint density at radius 3 is 2.52 bits per heavy atom. The lowest BCUT2D eigenvalue weighted by Gasteiger charge is -2.36. The Morgan fingerprint density at radius 2 is 1.85 bits per heavy atom. The van der Waals surface area contributed by atoms with Gasteiger partial charge in [-0.1, -0.05) is 34.1 Å². The predicted molar refractivity (Wildman–Crippen MR) is 130 cm³/mol. The van der Waals surface area contributed by atoms with Crippen molar-refractivity contribution in [2.24, 2.45) is 0 Å². The molecule has 3 amide bonds. The fourth-order valence-corrected chi connectivity index (χ4v) is 4.97. The molecular formula is C23H22BrN3O5S. The molecule has 2 aliphatic rings. The first-order valence-corrected chi connectivity index (χ1v) is 11.9. The fourth-order valence-electron chi connectivity index (χ4n) is 3.70. The van der Waals surface area contributed by atoms with Crippen LogP contribution < -0.4 is 9.64 Å². The molecule has 2 aromatic carbocycles. The normalized spacial score (nSPS) is 17.8. The number of anilines is 1. The zero-order valence-electron chi connectivity index (χ0n) is 17.9. The molecule has 2 heterocycles. The summed E-state index contributed by atoms with van der Waals surface area (Å²) in [6, 6.07) is 13.0. The van der Waals surface area contributed by atoms with Gasteiger partial charge in [0.2, 0.25) is 5.91 Å². The topological polar surface area (TPSA) is 90.4 Å². The second kappa shape index (κ2) is 9.88. The second-order valence-corrected chi connectivity index (χ2v) is 9.36. The van der Waals surface area contributed by atoms with Gasteiger partial charge in [-0.25, -0.2) is 0 Å². The summed E-state index contributed by atoms with van der Waals surface area (Å²) in [5, 5.41) is 9.38. The highest BCUT2D eigenvalue weighted by Gasteiger charge is 2.37. The number of aromatic hydroxyl groups is 1. The van der Waals surface area contributed by atoms with E-state index in [2.05, 4.69) is 20.8 Å². The average Bonchev–Trinajstić information content (AvgIpc) is 3.08. The molecule has 172 valence electrons. The number of halogens is 1. The van der Waals surface area contributed by atoms with Crippen LogP contribution in [0.4, 0.5) is 10.5 Å². The lowest BCUT2D eigenvalue weighted by atomic mass is 10.2. The van der Waals surface area contributed by atoms with Crippen molar-refractivity contribution in [1.82, 2.24) is 9.80 Å². The van der Waals surface area contributed by atoms with E-state index in [0.717, 1.165) is 22.3 Å². The summed E-state index contributed by atoms with van der Waals surface area (Å²) in [6.07, 6.45) is 1.54. The molecule has 8 nitrogen and oxygen atoms in total. The van der Waals surface area contributed by atoms with E-state index in [1.807, 2.05) is 30.3 Å². The number of methoxy groups -OCH3 is 1. The summed E-state index contributed by atoms with van der Waals surface area (Å²) in [5.74, 6) is -0.569. The Hall–Kier alpha value is -2.98. The molecule has 0 bridgehead atoms. The quantitative estimate of drug-likeness (QED) is 0.590. The number of phenols is 1. The Morgan fingerprint density at radius 1 is 1.15 bits per heavy atom. The number of piperazine rings is 1. The highest BCUT2D eigenvalue weighted by Crippen LogP contribution is 2.37. The van der Waals surface area contributed by atoms with Crippen LogP contribution in [0.15, 0.2) is 51.8 Å². The summed E-state index contributed by atoms with van der Waals surface area (Å²) in [4.78, 5) is 43.2. The minimum Gasteiger partial charge on any atom is -0.504 e. The van der Waals surface area contributed by atoms with Gasteiger partial charge in [-0.05, 0) is 47.7 Å². The summed E-state index contributed by atoms with van der Waals surface area (Å²) < 4.78 is 5.65. The van der Waals surface area contributed by atoms with Gasteiger partial charge in [0.25, 0.3) is 11.1 Å². The van der Waals surface area contributed by atoms with E-state index < -0.39 is 11.1 Å². The number of amides is 3. The minimum absolute atomic E-state index is 0.0485. The van der Waals surface area contributed by atoms with Crippen LogP contribution in [-0.2, 0) is 9.59 Å². The first kappa shape index (κ1) is 23.2. The maximum absolute atomic E-state index is 12.8. The number of benzene rings is 2. The smallest absolute Gasteiger partial charge is 0.294 e. The highest BCUT2D eigenvalue weighted by atomic mass is 79.9. The number of hydrogen-bond donors (Lipinski definition) is 1. The van der Waals surface area contributed by atoms with Gasteiger partial charge in [0, 0.05) is 36.3 Å². The van der Waals surface area contributed by atoms with Crippen molar-refractivity contribution < 1.29 is 24.2 Å². The molecular weight excluding hydrogens is 510 g/mol. The molecule has 33 heavy (non-hydrogen) atoms. The molecule has 1 N–H and O–H groups in total. The molecule has 0 atom stereocenters. The van der Waals surface area contributed by atoms with Crippen molar-refractivity contribution >= 4 is 56.5 Å². The van der Waals surface area contributed by atoms with Gasteiger partial charge in [-0.15, -0.1) is 0 Å². The number of carbonyl (C=O) groups is 3. The third kappa shape index (κ3) is 5.01. The van der Waals surface area contributed by atoms with E-state index in [1.54, 1.807) is 17.0 Å². The third-order valence-corrected chi connectivity index (χ3v) is 7.10. The van der Waals surface area contributed by atoms with Gasteiger partial charge < -0.3 is 19.6 Å². The lowest BCUT2D eigenvalue weighted by Crippen LogP contribution is -2.51. The van der Waals surface area contributed by atoms with Crippen LogP contribution in [0, 0.1) is 0 Å². The van der Waals surface area contributed by atoms with Gasteiger partial charge in [0.05, 0.1) is 12.0 Å². The SMILES string of the molecule is COc1cc(/C=C2/SC(=O)N(CC(=O)N3CCN(c4ccccc4)CC3)C2=O)c(Br)cc1O. The van der Waals surface area contributed by atoms with Crippen molar-refractivity contribution in [3.63, 3.8) is 0 Å². The van der Waals surface area contributed by atoms with Crippen LogP contribution in [0.1, 0.15) is 5.56 Å². The molecule has 10 heteroatoms. The first-order chi connectivity index (χ1) is 15.9. The molecule has 2 aromatic rings. The van der Waals surface area contributed by atoms with E-state index in [1.165, 1.54) is 13.2 Å². The molecule has 2 aliphatic heterocycles. The van der Waals surface area contributed by atoms with E-state index >= 15 is 0 Å². The van der Waals surface area contributed by atoms with Crippen LogP contribution >= 0.6 is 27.7 Å². The number of carbonyl (C=O) groups excluding carboxylic acids is 3. The first-order valence-electron chi connectivity index (χ1n) is 10.3. The fraction of sp³-hybridized carbons (Fsp3) is 0.261. The molecule has 2 fully saturated rings. The number of nitrogens with zero attached hydrogens (tertiary/aromatic N) is 3. The van der Waals surface area contributed by atoms with Crippen LogP contribution in [0.25, 0.3) is 6.08 Å². The van der Waals surface area contributed by atoms with Gasteiger partial charge in [-0.2, -0.15) is 0 Å². The number of rotatable bonds is 5. The number of hydrogen-bond acceptors (Lipinski definition) is 7. The van der Waals surface area contributed by atoms with Crippen LogP contribution in [-0.4, -0.2) is 71.8 Å². The van der Waals surface area contributed by atoms with Crippen molar-refractivity contribution in [1.29, 1.82) is 0 Å². The van der Waals surface area contributed by atoms with Gasteiger partial charge >= 0.3 is 0 Å². The van der Waals surface area contributed by atoms with Crippen LogP contribution in [0.5, 0.6) is 11.5 Å². The molecule has 0 spiro atoms. The van der Waals surface area contributed by atoms with Crippen molar-refractivity contribution in [3.05, 3.63) is 57.4 Å². The third-order valence-electron chi connectivity index (χ3n) is 5.51. The van der Waals surface area contributed by atoms with Crippen LogP contribution in [0.3, 0.4) is 0 Å². The largest absolute Gasteiger partial charge is 0.504 e. The van der Waals surface area contributed by atoms with Crippen molar-refractivity contribution in [2.75, 3.05) is 44.7 Å². The average molecular weight is 532 g/mol.